The van der Waals surface area contributed by atoms with Gasteiger partial charge < -0.3 is 14.8 Å². The van der Waals surface area contributed by atoms with Crippen LogP contribution in [0.1, 0.15) is 35.6 Å². The van der Waals surface area contributed by atoms with Crippen LogP contribution in [0.15, 0.2) is 18.2 Å². The second-order valence-corrected chi connectivity index (χ2v) is 5.46. The van der Waals surface area contributed by atoms with E-state index in [0.29, 0.717) is 0 Å². The molecule has 3 heteroatoms. The highest BCUT2D eigenvalue weighted by molar-refractivity contribution is 5.35. The molecule has 1 fully saturated rings. The number of benzene rings is 1. The monoisotopic (exact) mass is 263 g/mol. The molecule has 1 heterocycles. The molecule has 1 aliphatic rings. The molecule has 0 spiro atoms. The Bertz CT molecular complexity index is 425. The van der Waals surface area contributed by atoms with Crippen molar-refractivity contribution in [2.24, 2.45) is 0 Å². The SMILES string of the molecule is CNC(c1cc(C)ccc1C)C1(OC)CCOCC1. The summed E-state index contributed by atoms with van der Waals surface area (Å²) in [6.45, 7) is 5.86. The molecule has 1 saturated heterocycles. The third-order valence-electron chi connectivity index (χ3n) is 4.31. The first-order valence-corrected chi connectivity index (χ1v) is 7.00. The highest BCUT2D eigenvalue weighted by Gasteiger charge is 2.41. The summed E-state index contributed by atoms with van der Waals surface area (Å²) in [6, 6.07) is 6.83. The molecule has 0 saturated carbocycles. The molecule has 2 rings (SSSR count). The minimum absolute atomic E-state index is 0.161. The predicted molar refractivity (Wildman–Crippen MR) is 77.5 cm³/mol. The van der Waals surface area contributed by atoms with Gasteiger partial charge in [0.1, 0.15) is 0 Å². The van der Waals surface area contributed by atoms with E-state index in [1.54, 1.807) is 0 Å². The first-order chi connectivity index (χ1) is 9.13. The zero-order valence-corrected chi connectivity index (χ0v) is 12.5. The molecule has 1 aromatic rings. The van der Waals surface area contributed by atoms with Gasteiger partial charge in [-0.25, -0.2) is 0 Å². The molecule has 3 nitrogen and oxygen atoms in total. The van der Waals surface area contributed by atoms with Crippen LogP contribution >= 0.6 is 0 Å². The molecule has 0 amide bonds. The van der Waals surface area contributed by atoms with Gasteiger partial charge in [0, 0.05) is 33.2 Å². The first kappa shape index (κ1) is 14.5. The second kappa shape index (κ2) is 6.04. The van der Waals surface area contributed by atoms with Crippen molar-refractivity contribution >= 4 is 0 Å². The van der Waals surface area contributed by atoms with E-state index in [-0.39, 0.29) is 11.6 Å². The standard InChI is InChI=1S/C16H25NO2/c1-12-5-6-13(2)14(11-12)15(17-3)16(18-4)7-9-19-10-8-16/h5-6,11,15,17H,7-10H2,1-4H3. The highest BCUT2D eigenvalue weighted by Crippen LogP contribution is 2.38. The molecule has 1 unspecified atom stereocenters. The van der Waals surface area contributed by atoms with E-state index in [2.05, 4.69) is 37.4 Å². The van der Waals surface area contributed by atoms with Crippen molar-refractivity contribution in [1.29, 1.82) is 0 Å². The lowest BCUT2D eigenvalue weighted by Crippen LogP contribution is -2.48. The normalized spacial score (nSPS) is 20.2. The quantitative estimate of drug-likeness (QED) is 0.906. The fraction of sp³-hybridized carbons (Fsp3) is 0.625. The summed E-state index contributed by atoms with van der Waals surface area (Å²) in [6.07, 6.45) is 1.87. The van der Waals surface area contributed by atoms with Crippen LogP contribution < -0.4 is 5.32 Å². The third kappa shape index (κ3) is 2.83. The number of hydrogen-bond acceptors (Lipinski definition) is 3. The minimum atomic E-state index is -0.161. The Morgan fingerprint density at radius 1 is 1.26 bits per heavy atom. The molecule has 19 heavy (non-hydrogen) atoms. The van der Waals surface area contributed by atoms with Gasteiger partial charge in [0.2, 0.25) is 0 Å². The molecule has 0 bridgehead atoms. The summed E-state index contributed by atoms with van der Waals surface area (Å²) >= 11 is 0. The van der Waals surface area contributed by atoms with Crippen LogP contribution in [0.25, 0.3) is 0 Å². The Hall–Kier alpha value is -0.900. The number of rotatable bonds is 4. The van der Waals surface area contributed by atoms with E-state index < -0.39 is 0 Å². The Labute approximate surface area is 116 Å². The van der Waals surface area contributed by atoms with Crippen LogP contribution in [0.4, 0.5) is 0 Å². The number of hydrogen-bond donors (Lipinski definition) is 1. The van der Waals surface area contributed by atoms with Gasteiger partial charge >= 0.3 is 0 Å². The largest absolute Gasteiger partial charge is 0.381 e. The van der Waals surface area contributed by atoms with Gasteiger partial charge in [-0.3, -0.25) is 0 Å². The van der Waals surface area contributed by atoms with Gasteiger partial charge in [-0.2, -0.15) is 0 Å². The van der Waals surface area contributed by atoms with Crippen molar-refractivity contribution in [3.8, 4) is 0 Å². The van der Waals surface area contributed by atoms with E-state index in [1.165, 1.54) is 16.7 Å². The molecular formula is C16H25NO2. The lowest BCUT2D eigenvalue weighted by Gasteiger charge is -2.43. The number of likely N-dealkylation sites (N-methyl/N-ethyl adjacent to an activating group) is 1. The molecule has 1 N–H and O–H groups in total. The molecule has 1 aromatic carbocycles. The predicted octanol–water partition coefficient (Wildman–Crippen LogP) is 2.76. The Morgan fingerprint density at radius 3 is 2.53 bits per heavy atom. The first-order valence-electron chi connectivity index (χ1n) is 7.00. The second-order valence-electron chi connectivity index (χ2n) is 5.46. The molecule has 0 aromatic heterocycles. The van der Waals surface area contributed by atoms with Crippen molar-refractivity contribution in [2.75, 3.05) is 27.4 Å². The number of ether oxygens (including phenoxy) is 2. The van der Waals surface area contributed by atoms with Crippen LogP contribution in [0.5, 0.6) is 0 Å². The highest BCUT2D eigenvalue weighted by atomic mass is 16.5. The Morgan fingerprint density at radius 2 is 1.95 bits per heavy atom. The summed E-state index contributed by atoms with van der Waals surface area (Å²) in [5.41, 5.74) is 3.78. The van der Waals surface area contributed by atoms with Gasteiger partial charge in [0.25, 0.3) is 0 Å². The average molecular weight is 263 g/mol. The third-order valence-corrected chi connectivity index (χ3v) is 4.31. The lowest BCUT2D eigenvalue weighted by molar-refractivity contribution is -0.110. The van der Waals surface area contributed by atoms with Gasteiger partial charge in [0.15, 0.2) is 0 Å². The van der Waals surface area contributed by atoms with Crippen LogP contribution in [-0.4, -0.2) is 33.0 Å². The maximum atomic E-state index is 5.94. The fourth-order valence-corrected chi connectivity index (χ4v) is 3.10. The van der Waals surface area contributed by atoms with Crippen molar-refractivity contribution < 1.29 is 9.47 Å². The van der Waals surface area contributed by atoms with Crippen molar-refractivity contribution in [3.63, 3.8) is 0 Å². The molecular weight excluding hydrogens is 238 g/mol. The van der Waals surface area contributed by atoms with Gasteiger partial charge in [0.05, 0.1) is 11.6 Å². The summed E-state index contributed by atoms with van der Waals surface area (Å²) in [4.78, 5) is 0. The molecule has 0 radical (unpaired) electrons. The smallest absolute Gasteiger partial charge is 0.0916 e. The Balaban J connectivity index is 2.39. The van der Waals surface area contributed by atoms with Crippen molar-refractivity contribution in [2.45, 2.75) is 38.3 Å². The van der Waals surface area contributed by atoms with Crippen LogP contribution in [0, 0.1) is 13.8 Å². The van der Waals surface area contributed by atoms with E-state index in [0.717, 1.165) is 26.1 Å². The molecule has 106 valence electrons. The minimum Gasteiger partial charge on any atom is -0.381 e. The topological polar surface area (TPSA) is 30.5 Å². The summed E-state index contributed by atoms with van der Waals surface area (Å²) in [5.74, 6) is 0. The van der Waals surface area contributed by atoms with Gasteiger partial charge in [-0.15, -0.1) is 0 Å². The van der Waals surface area contributed by atoms with Crippen LogP contribution in [0.3, 0.4) is 0 Å². The number of nitrogens with one attached hydrogen (secondary N) is 1. The summed E-state index contributed by atoms with van der Waals surface area (Å²) in [5, 5.41) is 3.47. The maximum absolute atomic E-state index is 5.94. The van der Waals surface area contributed by atoms with E-state index >= 15 is 0 Å². The van der Waals surface area contributed by atoms with E-state index in [9.17, 15) is 0 Å². The summed E-state index contributed by atoms with van der Waals surface area (Å²) in [7, 11) is 3.84. The lowest BCUT2D eigenvalue weighted by atomic mass is 9.80. The van der Waals surface area contributed by atoms with Gasteiger partial charge in [-0.1, -0.05) is 23.8 Å². The van der Waals surface area contributed by atoms with Crippen molar-refractivity contribution in [3.05, 3.63) is 34.9 Å². The fourth-order valence-electron chi connectivity index (χ4n) is 3.10. The van der Waals surface area contributed by atoms with Crippen molar-refractivity contribution in [1.82, 2.24) is 5.32 Å². The zero-order chi connectivity index (χ0) is 13.9. The molecule has 0 aliphatic carbocycles. The number of aryl methyl sites for hydroxylation is 2. The van der Waals surface area contributed by atoms with E-state index in [4.69, 9.17) is 9.47 Å². The molecule has 1 aliphatic heterocycles. The van der Waals surface area contributed by atoms with Crippen LogP contribution in [-0.2, 0) is 9.47 Å². The zero-order valence-electron chi connectivity index (χ0n) is 12.5. The molecule has 1 atom stereocenters. The van der Waals surface area contributed by atoms with Gasteiger partial charge in [-0.05, 0) is 32.0 Å². The average Bonchev–Trinajstić information content (AvgIpc) is 2.44. The maximum Gasteiger partial charge on any atom is 0.0916 e. The summed E-state index contributed by atoms with van der Waals surface area (Å²) < 4.78 is 11.4. The Kier molecular flexibility index (Phi) is 4.61. The number of methoxy groups -OCH3 is 1. The van der Waals surface area contributed by atoms with E-state index in [1.807, 2.05) is 14.2 Å². The van der Waals surface area contributed by atoms with Crippen LogP contribution in [0.2, 0.25) is 0 Å².